The van der Waals surface area contributed by atoms with Crippen molar-refractivity contribution < 1.29 is 9.53 Å². The second-order valence-electron chi connectivity index (χ2n) is 4.98. The van der Waals surface area contributed by atoms with Gasteiger partial charge in [0.25, 0.3) is 5.91 Å². The first kappa shape index (κ1) is 11.0. The monoisotopic (exact) mass is 219 g/mol. The van der Waals surface area contributed by atoms with Gasteiger partial charge in [-0.15, -0.1) is 0 Å². The van der Waals surface area contributed by atoms with Crippen LogP contribution >= 0.6 is 0 Å². The maximum atomic E-state index is 11.7. The van der Waals surface area contributed by atoms with Crippen molar-refractivity contribution in [2.24, 2.45) is 0 Å². The molecule has 1 amide bonds. The van der Waals surface area contributed by atoms with E-state index < -0.39 is 5.60 Å². The number of hydrogen-bond donors (Lipinski definition) is 1. The van der Waals surface area contributed by atoms with Crippen molar-refractivity contribution in [2.45, 2.75) is 39.2 Å². The molecular formula is C13H17NO2. The summed E-state index contributed by atoms with van der Waals surface area (Å²) in [5, 5.41) is 2.85. The Morgan fingerprint density at radius 3 is 2.62 bits per heavy atom. The van der Waals surface area contributed by atoms with E-state index in [1.165, 1.54) is 5.56 Å². The van der Waals surface area contributed by atoms with E-state index in [1.54, 1.807) is 13.8 Å². The van der Waals surface area contributed by atoms with Crippen molar-refractivity contribution in [3.05, 3.63) is 23.8 Å². The molecule has 0 bridgehead atoms. The largest absolute Gasteiger partial charge is 0.476 e. The van der Waals surface area contributed by atoms with E-state index in [0.29, 0.717) is 5.92 Å². The first-order chi connectivity index (χ1) is 7.40. The maximum absolute atomic E-state index is 11.7. The molecule has 3 heteroatoms. The molecule has 0 spiro atoms. The number of carbonyl (C=O) groups excluding carboxylic acids is 1. The lowest BCUT2D eigenvalue weighted by atomic mass is 10.0. The van der Waals surface area contributed by atoms with Crippen LogP contribution in [-0.2, 0) is 4.79 Å². The first-order valence-electron chi connectivity index (χ1n) is 5.54. The van der Waals surface area contributed by atoms with Gasteiger partial charge in [0.15, 0.2) is 5.60 Å². The highest BCUT2D eigenvalue weighted by Gasteiger charge is 2.35. The topological polar surface area (TPSA) is 38.3 Å². The van der Waals surface area contributed by atoms with E-state index in [4.69, 9.17) is 4.74 Å². The number of carbonyl (C=O) groups is 1. The number of hydrogen-bond acceptors (Lipinski definition) is 2. The molecule has 0 atom stereocenters. The van der Waals surface area contributed by atoms with E-state index in [1.807, 2.05) is 18.2 Å². The predicted molar refractivity (Wildman–Crippen MR) is 63.9 cm³/mol. The molecule has 1 aliphatic rings. The Hall–Kier alpha value is -1.51. The standard InChI is InChI=1S/C13H17NO2/c1-8(2)9-5-6-10-11(7-9)16-13(3,4)12(15)14-10/h5-8H,1-4H3,(H,14,15). The van der Waals surface area contributed by atoms with Crippen LogP contribution in [0.15, 0.2) is 18.2 Å². The van der Waals surface area contributed by atoms with Gasteiger partial charge in [-0.05, 0) is 37.5 Å². The Morgan fingerprint density at radius 1 is 1.31 bits per heavy atom. The van der Waals surface area contributed by atoms with Gasteiger partial charge < -0.3 is 10.1 Å². The fraction of sp³-hybridized carbons (Fsp3) is 0.462. The number of ether oxygens (including phenoxy) is 1. The van der Waals surface area contributed by atoms with Crippen molar-refractivity contribution in [1.82, 2.24) is 0 Å². The molecule has 0 saturated carbocycles. The van der Waals surface area contributed by atoms with E-state index in [0.717, 1.165) is 11.4 Å². The predicted octanol–water partition coefficient (Wildman–Crippen LogP) is 2.92. The van der Waals surface area contributed by atoms with Crippen molar-refractivity contribution in [3.8, 4) is 5.75 Å². The van der Waals surface area contributed by atoms with Crippen molar-refractivity contribution >= 4 is 11.6 Å². The molecule has 0 fully saturated rings. The number of nitrogens with one attached hydrogen (secondary N) is 1. The molecule has 1 aromatic rings. The summed E-state index contributed by atoms with van der Waals surface area (Å²) in [6, 6.07) is 5.92. The minimum absolute atomic E-state index is 0.0997. The Balaban J connectivity index is 2.42. The summed E-state index contributed by atoms with van der Waals surface area (Å²) in [5.74, 6) is 1.11. The smallest absolute Gasteiger partial charge is 0.268 e. The SMILES string of the molecule is CC(C)c1ccc2c(c1)OC(C)(C)C(=O)N2. The lowest BCUT2D eigenvalue weighted by molar-refractivity contribution is -0.129. The number of rotatable bonds is 1. The molecule has 1 heterocycles. The molecule has 0 aliphatic carbocycles. The fourth-order valence-electron chi connectivity index (χ4n) is 1.68. The van der Waals surface area contributed by atoms with Crippen LogP contribution in [0.1, 0.15) is 39.2 Å². The van der Waals surface area contributed by atoms with Gasteiger partial charge in [0.1, 0.15) is 5.75 Å². The van der Waals surface area contributed by atoms with Crippen LogP contribution < -0.4 is 10.1 Å². The molecule has 1 aliphatic heterocycles. The van der Waals surface area contributed by atoms with Gasteiger partial charge in [0.05, 0.1) is 5.69 Å². The minimum atomic E-state index is -0.789. The average Bonchev–Trinajstić information content (AvgIpc) is 2.18. The van der Waals surface area contributed by atoms with Gasteiger partial charge in [-0.3, -0.25) is 4.79 Å². The van der Waals surface area contributed by atoms with Crippen LogP contribution in [0.2, 0.25) is 0 Å². The van der Waals surface area contributed by atoms with E-state index >= 15 is 0 Å². The molecule has 1 aromatic carbocycles. The van der Waals surface area contributed by atoms with E-state index in [9.17, 15) is 4.79 Å². The first-order valence-corrected chi connectivity index (χ1v) is 5.54. The summed E-state index contributed by atoms with van der Waals surface area (Å²) in [6.07, 6.45) is 0. The van der Waals surface area contributed by atoms with Crippen molar-refractivity contribution in [3.63, 3.8) is 0 Å². The molecule has 0 unspecified atom stereocenters. The van der Waals surface area contributed by atoms with Crippen LogP contribution in [0.5, 0.6) is 5.75 Å². The van der Waals surface area contributed by atoms with Crippen LogP contribution in [0.4, 0.5) is 5.69 Å². The van der Waals surface area contributed by atoms with Crippen LogP contribution in [0.25, 0.3) is 0 Å². The molecule has 0 aromatic heterocycles. The third-order valence-electron chi connectivity index (χ3n) is 2.83. The zero-order valence-electron chi connectivity index (χ0n) is 10.1. The Labute approximate surface area is 95.8 Å². The fourth-order valence-corrected chi connectivity index (χ4v) is 1.68. The van der Waals surface area contributed by atoms with Crippen molar-refractivity contribution in [2.75, 3.05) is 5.32 Å². The van der Waals surface area contributed by atoms with Crippen LogP contribution in [0.3, 0.4) is 0 Å². The quantitative estimate of drug-likeness (QED) is 0.788. The molecular weight excluding hydrogens is 202 g/mol. The molecule has 16 heavy (non-hydrogen) atoms. The van der Waals surface area contributed by atoms with Gasteiger partial charge >= 0.3 is 0 Å². The summed E-state index contributed by atoms with van der Waals surface area (Å²) in [4.78, 5) is 11.7. The van der Waals surface area contributed by atoms with Gasteiger partial charge in [0.2, 0.25) is 0 Å². The van der Waals surface area contributed by atoms with Gasteiger partial charge in [-0.25, -0.2) is 0 Å². The summed E-state index contributed by atoms with van der Waals surface area (Å²) in [7, 11) is 0. The van der Waals surface area contributed by atoms with E-state index in [2.05, 4.69) is 19.2 Å². The molecule has 0 radical (unpaired) electrons. The second kappa shape index (κ2) is 3.51. The highest BCUT2D eigenvalue weighted by Crippen LogP contribution is 2.35. The summed E-state index contributed by atoms with van der Waals surface area (Å²) in [6.45, 7) is 7.81. The number of fused-ring (bicyclic) bond motifs is 1. The average molecular weight is 219 g/mol. The number of benzene rings is 1. The molecule has 0 saturated heterocycles. The number of anilines is 1. The molecule has 2 rings (SSSR count). The van der Waals surface area contributed by atoms with Crippen molar-refractivity contribution in [1.29, 1.82) is 0 Å². The third-order valence-corrected chi connectivity index (χ3v) is 2.83. The van der Waals surface area contributed by atoms with E-state index in [-0.39, 0.29) is 5.91 Å². The van der Waals surface area contributed by atoms with Gasteiger partial charge in [0, 0.05) is 0 Å². The Kier molecular flexibility index (Phi) is 2.41. The zero-order chi connectivity index (χ0) is 11.9. The zero-order valence-corrected chi connectivity index (χ0v) is 10.1. The third kappa shape index (κ3) is 1.77. The summed E-state index contributed by atoms with van der Waals surface area (Å²) < 4.78 is 5.71. The highest BCUT2D eigenvalue weighted by atomic mass is 16.5. The molecule has 1 N–H and O–H groups in total. The normalized spacial score (nSPS) is 17.7. The lowest BCUT2D eigenvalue weighted by Crippen LogP contribution is -2.45. The van der Waals surface area contributed by atoms with Crippen LogP contribution in [0, 0.1) is 0 Å². The maximum Gasteiger partial charge on any atom is 0.268 e. The molecule has 3 nitrogen and oxygen atoms in total. The molecule has 86 valence electrons. The number of amides is 1. The van der Waals surface area contributed by atoms with Crippen LogP contribution in [-0.4, -0.2) is 11.5 Å². The minimum Gasteiger partial charge on any atom is -0.476 e. The second-order valence-corrected chi connectivity index (χ2v) is 4.98. The summed E-state index contributed by atoms with van der Waals surface area (Å²) in [5.41, 5.74) is 1.18. The Bertz CT molecular complexity index is 436. The lowest BCUT2D eigenvalue weighted by Gasteiger charge is -2.32. The highest BCUT2D eigenvalue weighted by molar-refractivity contribution is 6.00. The Morgan fingerprint density at radius 2 is 2.00 bits per heavy atom. The van der Waals surface area contributed by atoms with Gasteiger partial charge in [-0.2, -0.15) is 0 Å². The summed E-state index contributed by atoms with van der Waals surface area (Å²) >= 11 is 0. The van der Waals surface area contributed by atoms with Gasteiger partial charge in [-0.1, -0.05) is 19.9 Å².